The summed E-state index contributed by atoms with van der Waals surface area (Å²) >= 11 is 0. The van der Waals surface area contributed by atoms with E-state index in [1.54, 1.807) is 0 Å². The maximum atomic E-state index is 12.6. The molecule has 18 heavy (non-hydrogen) atoms. The monoisotopic (exact) mass is 266 g/mol. The fourth-order valence-electron chi connectivity index (χ4n) is 1.27. The molecule has 96 valence electrons. The number of pyridine rings is 1. The predicted molar refractivity (Wildman–Crippen MR) is 45.9 cm³/mol. The molecule has 0 atom stereocenters. The van der Waals surface area contributed by atoms with Crippen LogP contribution in [0.25, 0.3) is 0 Å². The lowest BCUT2D eigenvalue weighted by Crippen LogP contribution is -2.18. The van der Waals surface area contributed by atoms with Crippen molar-refractivity contribution in [1.29, 1.82) is 5.26 Å². The highest BCUT2D eigenvalue weighted by molar-refractivity contribution is 5.92. The number of nitriles is 1. The minimum atomic E-state index is -5.15. The van der Waals surface area contributed by atoms with Crippen LogP contribution in [0.3, 0.4) is 0 Å². The van der Waals surface area contributed by atoms with Crippen LogP contribution in [0.4, 0.5) is 22.0 Å². The molecule has 0 bridgehead atoms. The van der Waals surface area contributed by atoms with Gasteiger partial charge in [-0.15, -0.1) is 0 Å². The third-order valence-corrected chi connectivity index (χ3v) is 1.96. The second-order valence-electron chi connectivity index (χ2n) is 3.02. The summed E-state index contributed by atoms with van der Waals surface area (Å²) in [6.07, 6.45) is -8.66. The van der Waals surface area contributed by atoms with Crippen LogP contribution in [0.5, 0.6) is 0 Å². The number of aromatic nitrogens is 1. The quantitative estimate of drug-likeness (QED) is 0.835. The van der Waals surface area contributed by atoms with Crippen LogP contribution in [-0.4, -0.2) is 16.1 Å². The van der Waals surface area contributed by atoms with E-state index in [1.165, 1.54) is 0 Å². The first-order valence-corrected chi connectivity index (χ1v) is 4.21. The highest BCUT2D eigenvalue weighted by Gasteiger charge is 2.39. The smallest absolute Gasteiger partial charge is 0.418 e. The molecule has 0 aliphatic heterocycles. The summed E-state index contributed by atoms with van der Waals surface area (Å²) < 4.78 is 62.5. The minimum Gasteiger partial charge on any atom is -0.478 e. The number of carboxylic acid groups (broad SMARTS) is 1. The first-order valence-electron chi connectivity index (χ1n) is 4.21. The second kappa shape index (κ2) is 4.56. The van der Waals surface area contributed by atoms with Gasteiger partial charge in [0.1, 0.15) is 11.8 Å². The SMILES string of the molecule is N#Cc1ncc(C(F)(F)F)c(C(=O)O)c1C(F)F. The average molecular weight is 266 g/mol. The van der Waals surface area contributed by atoms with Crippen molar-refractivity contribution in [3.05, 3.63) is 28.6 Å². The van der Waals surface area contributed by atoms with Gasteiger partial charge in [-0.2, -0.15) is 18.4 Å². The van der Waals surface area contributed by atoms with Crippen LogP contribution >= 0.6 is 0 Å². The van der Waals surface area contributed by atoms with Crippen molar-refractivity contribution in [3.63, 3.8) is 0 Å². The van der Waals surface area contributed by atoms with E-state index in [9.17, 15) is 26.7 Å². The van der Waals surface area contributed by atoms with Gasteiger partial charge in [-0.3, -0.25) is 0 Å². The van der Waals surface area contributed by atoms with Crippen LogP contribution in [-0.2, 0) is 6.18 Å². The predicted octanol–water partition coefficient (Wildman–Crippen LogP) is 2.61. The Morgan fingerprint density at radius 2 is 2.00 bits per heavy atom. The summed E-state index contributed by atoms with van der Waals surface area (Å²) in [5, 5.41) is 17.1. The molecule has 1 N–H and O–H groups in total. The Morgan fingerprint density at radius 3 is 2.33 bits per heavy atom. The number of alkyl halides is 5. The maximum absolute atomic E-state index is 12.6. The van der Waals surface area contributed by atoms with Gasteiger partial charge in [0.05, 0.1) is 16.7 Å². The van der Waals surface area contributed by atoms with Crippen molar-refractivity contribution >= 4 is 5.97 Å². The summed E-state index contributed by atoms with van der Waals surface area (Å²) in [5.74, 6) is -2.20. The Labute approximate surface area is 96.3 Å². The maximum Gasteiger partial charge on any atom is 0.418 e. The lowest BCUT2D eigenvalue weighted by Gasteiger charge is -2.13. The van der Waals surface area contributed by atoms with E-state index in [-0.39, 0.29) is 6.20 Å². The van der Waals surface area contributed by atoms with Crippen LogP contribution in [0, 0.1) is 11.3 Å². The topological polar surface area (TPSA) is 74.0 Å². The van der Waals surface area contributed by atoms with Gasteiger partial charge in [0, 0.05) is 6.20 Å². The van der Waals surface area contributed by atoms with Gasteiger partial charge < -0.3 is 5.11 Å². The van der Waals surface area contributed by atoms with Crippen LogP contribution in [0.1, 0.15) is 33.6 Å². The summed E-state index contributed by atoms with van der Waals surface area (Å²) in [7, 11) is 0. The molecule has 1 heterocycles. The van der Waals surface area contributed by atoms with Crippen molar-refractivity contribution in [1.82, 2.24) is 4.98 Å². The van der Waals surface area contributed by atoms with E-state index in [0.717, 1.165) is 6.07 Å². The fraction of sp³-hybridized carbons (Fsp3) is 0.222. The van der Waals surface area contributed by atoms with Gasteiger partial charge in [0.15, 0.2) is 0 Å². The highest BCUT2D eigenvalue weighted by atomic mass is 19.4. The number of hydrogen-bond acceptors (Lipinski definition) is 3. The first-order chi connectivity index (χ1) is 8.20. The summed E-state index contributed by atoms with van der Waals surface area (Å²) in [5.41, 5.74) is -6.04. The Morgan fingerprint density at radius 1 is 1.44 bits per heavy atom. The molecule has 0 spiro atoms. The zero-order valence-corrected chi connectivity index (χ0v) is 8.29. The molecule has 4 nitrogen and oxygen atoms in total. The van der Waals surface area contributed by atoms with Gasteiger partial charge in [0.25, 0.3) is 6.43 Å². The number of rotatable bonds is 2. The Kier molecular flexibility index (Phi) is 3.50. The van der Waals surface area contributed by atoms with E-state index < -0.39 is 41.0 Å². The number of halogens is 5. The summed E-state index contributed by atoms with van der Waals surface area (Å²) in [6.45, 7) is 0. The average Bonchev–Trinajstić information content (AvgIpc) is 2.25. The second-order valence-corrected chi connectivity index (χ2v) is 3.02. The molecule has 0 amide bonds. The van der Waals surface area contributed by atoms with E-state index in [2.05, 4.69) is 4.98 Å². The van der Waals surface area contributed by atoms with Gasteiger partial charge in [-0.25, -0.2) is 18.6 Å². The molecule has 0 radical (unpaired) electrons. The number of hydrogen-bond donors (Lipinski definition) is 1. The van der Waals surface area contributed by atoms with Gasteiger partial charge >= 0.3 is 12.1 Å². The summed E-state index contributed by atoms with van der Waals surface area (Å²) in [6, 6.07) is 1.13. The van der Waals surface area contributed by atoms with E-state index in [1.807, 2.05) is 0 Å². The Balaban J connectivity index is 3.76. The number of carboxylic acids is 1. The van der Waals surface area contributed by atoms with Gasteiger partial charge in [0.2, 0.25) is 0 Å². The molecular formula is C9H3F5N2O2. The molecule has 0 saturated carbocycles. The Bertz CT molecular complexity index is 533. The largest absolute Gasteiger partial charge is 0.478 e. The van der Waals surface area contributed by atoms with Crippen molar-refractivity contribution in [2.75, 3.05) is 0 Å². The lowest BCUT2D eigenvalue weighted by molar-refractivity contribution is -0.138. The third kappa shape index (κ3) is 2.37. The van der Waals surface area contributed by atoms with Crippen LogP contribution in [0.15, 0.2) is 6.20 Å². The van der Waals surface area contributed by atoms with Crippen molar-refractivity contribution < 1.29 is 31.9 Å². The molecular weight excluding hydrogens is 263 g/mol. The van der Waals surface area contributed by atoms with Crippen molar-refractivity contribution in [3.8, 4) is 6.07 Å². The molecule has 0 saturated heterocycles. The third-order valence-electron chi connectivity index (χ3n) is 1.96. The van der Waals surface area contributed by atoms with Crippen molar-refractivity contribution in [2.24, 2.45) is 0 Å². The Hall–Kier alpha value is -2.24. The number of aromatic carboxylic acids is 1. The molecule has 0 aliphatic rings. The molecule has 9 heteroatoms. The molecule has 0 unspecified atom stereocenters. The molecule has 0 aromatic carbocycles. The molecule has 1 aromatic heterocycles. The number of carbonyl (C=O) groups is 1. The molecule has 1 aromatic rings. The van der Waals surface area contributed by atoms with Crippen LogP contribution < -0.4 is 0 Å². The number of nitrogens with zero attached hydrogens (tertiary/aromatic N) is 2. The first kappa shape index (κ1) is 13.8. The van der Waals surface area contributed by atoms with Crippen molar-refractivity contribution in [2.45, 2.75) is 12.6 Å². The molecule has 0 aliphatic carbocycles. The van der Waals surface area contributed by atoms with Crippen LogP contribution in [0.2, 0.25) is 0 Å². The molecule has 0 fully saturated rings. The zero-order chi connectivity index (χ0) is 14.1. The minimum absolute atomic E-state index is 0.0495. The summed E-state index contributed by atoms with van der Waals surface area (Å²) in [4.78, 5) is 13.6. The van der Waals surface area contributed by atoms with Gasteiger partial charge in [-0.05, 0) is 0 Å². The zero-order valence-electron chi connectivity index (χ0n) is 8.29. The highest BCUT2D eigenvalue weighted by Crippen LogP contribution is 2.36. The van der Waals surface area contributed by atoms with E-state index >= 15 is 0 Å². The van der Waals surface area contributed by atoms with Gasteiger partial charge in [-0.1, -0.05) is 0 Å². The normalized spacial score (nSPS) is 11.4. The van der Waals surface area contributed by atoms with E-state index in [0.29, 0.717) is 0 Å². The van der Waals surface area contributed by atoms with E-state index in [4.69, 9.17) is 10.4 Å². The molecule has 1 rings (SSSR count). The standard InChI is InChI=1S/C9H3F5N2O2/c10-7(11)6-4(1-15)16-2-3(9(12,13)14)5(6)8(17)18/h2,7H,(H,17,18). The lowest BCUT2D eigenvalue weighted by atomic mass is 10.0. The fourth-order valence-corrected chi connectivity index (χ4v) is 1.27.